The Morgan fingerprint density at radius 2 is 2.00 bits per heavy atom. The second-order valence-electron chi connectivity index (χ2n) is 3.63. The Hall–Kier alpha value is -0.830. The van der Waals surface area contributed by atoms with Gasteiger partial charge < -0.3 is 9.64 Å². The summed E-state index contributed by atoms with van der Waals surface area (Å²) in [5.41, 5.74) is -0.118. The molecule has 0 fully saturated rings. The minimum absolute atomic E-state index is 0.118. The van der Waals surface area contributed by atoms with Crippen molar-refractivity contribution in [1.82, 2.24) is 4.90 Å². The molecule has 76 valence electrons. The van der Waals surface area contributed by atoms with Crippen LogP contribution >= 0.6 is 0 Å². The molecule has 13 heavy (non-hydrogen) atoms. The van der Waals surface area contributed by atoms with Crippen molar-refractivity contribution in [2.75, 3.05) is 20.7 Å². The van der Waals surface area contributed by atoms with E-state index in [1.165, 1.54) is 6.08 Å². The molecular weight excluding hydrogens is 166 g/mol. The van der Waals surface area contributed by atoms with Gasteiger partial charge in [-0.2, -0.15) is 0 Å². The fourth-order valence-corrected chi connectivity index (χ4v) is 0.611. The molecule has 0 radical (unpaired) electrons. The monoisotopic (exact) mass is 185 g/mol. The average molecular weight is 185 g/mol. The van der Waals surface area contributed by atoms with E-state index in [0.717, 1.165) is 0 Å². The van der Waals surface area contributed by atoms with Gasteiger partial charge in [0.25, 0.3) is 0 Å². The smallest absolute Gasteiger partial charge is 0.330 e. The molecule has 3 nitrogen and oxygen atoms in total. The maximum atomic E-state index is 11.0. The minimum Gasteiger partial charge on any atom is -0.463 e. The standard InChI is InChI=1S/C10H19NO2/c1-6-13-9(12)7-8-10(2,3)11(4)5/h7-8H,6H2,1-5H3/b8-7+. The van der Waals surface area contributed by atoms with Gasteiger partial charge in [0.05, 0.1) is 6.61 Å². The first-order valence-electron chi connectivity index (χ1n) is 4.43. The van der Waals surface area contributed by atoms with Crippen molar-refractivity contribution in [2.24, 2.45) is 0 Å². The summed E-state index contributed by atoms with van der Waals surface area (Å²) in [4.78, 5) is 13.0. The average Bonchev–Trinajstić information content (AvgIpc) is 2.01. The van der Waals surface area contributed by atoms with Crippen LogP contribution in [0.25, 0.3) is 0 Å². The van der Waals surface area contributed by atoms with Gasteiger partial charge in [-0.05, 0) is 34.9 Å². The predicted molar refractivity (Wildman–Crippen MR) is 53.5 cm³/mol. The first-order valence-corrected chi connectivity index (χ1v) is 4.43. The van der Waals surface area contributed by atoms with Gasteiger partial charge in [-0.15, -0.1) is 0 Å². The van der Waals surface area contributed by atoms with Crippen LogP contribution in [0.2, 0.25) is 0 Å². The molecule has 0 saturated carbocycles. The van der Waals surface area contributed by atoms with Crippen molar-refractivity contribution >= 4 is 5.97 Å². The highest BCUT2D eigenvalue weighted by molar-refractivity contribution is 5.82. The van der Waals surface area contributed by atoms with Crippen molar-refractivity contribution in [3.05, 3.63) is 12.2 Å². The van der Waals surface area contributed by atoms with E-state index >= 15 is 0 Å². The Bertz CT molecular complexity index is 195. The van der Waals surface area contributed by atoms with Gasteiger partial charge in [0.1, 0.15) is 0 Å². The van der Waals surface area contributed by atoms with Crippen LogP contribution in [-0.4, -0.2) is 37.1 Å². The van der Waals surface area contributed by atoms with Crippen molar-refractivity contribution in [1.29, 1.82) is 0 Å². The molecule has 0 aromatic heterocycles. The first-order chi connectivity index (χ1) is 5.90. The topological polar surface area (TPSA) is 29.5 Å². The maximum Gasteiger partial charge on any atom is 0.330 e. The molecule has 0 aliphatic carbocycles. The zero-order chi connectivity index (χ0) is 10.5. The summed E-state index contributed by atoms with van der Waals surface area (Å²) in [6, 6.07) is 0. The lowest BCUT2D eigenvalue weighted by molar-refractivity contribution is -0.137. The molecule has 0 aliphatic rings. The first kappa shape index (κ1) is 12.2. The number of carbonyl (C=O) groups excluding carboxylic acids is 1. The second kappa shape index (κ2) is 5.02. The lowest BCUT2D eigenvalue weighted by atomic mass is 10.0. The molecule has 0 spiro atoms. The zero-order valence-electron chi connectivity index (χ0n) is 9.13. The molecule has 0 aliphatic heterocycles. The molecule has 0 amide bonds. The summed E-state index contributed by atoms with van der Waals surface area (Å²) in [5.74, 6) is -0.280. The van der Waals surface area contributed by atoms with E-state index in [9.17, 15) is 4.79 Å². The van der Waals surface area contributed by atoms with Crippen LogP contribution in [0.4, 0.5) is 0 Å². The van der Waals surface area contributed by atoms with Gasteiger partial charge in [-0.3, -0.25) is 0 Å². The van der Waals surface area contributed by atoms with Crippen LogP contribution in [-0.2, 0) is 9.53 Å². The summed E-state index contributed by atoms with van der Waals surface area (Å²) >= 11 is 0. The molecule has 0 N–H and O–H groups in total. The predicted octanol–water partition coefficient (Wildman–Crippen LogP) is 1.45. The van der Waals surface area contributed by atoms with Crippen LogP contribution in [0.5, 0.6) is 0 Å². The Kier molecular flexibility index (Phi) is 4.70. The van der Waals surface area contributed by atoms with E-state index in [-0.39, 0.29) is 11.5 Å². The van der Waals surface area contributed by atoms with Crippen molar-refractivity contribution in [2.45, 2.75) is 26.3 Å². The van der Waals surface area contributed by atoms with E-state index in [4.69, 9.17) is 4.74 Å². The number of nitrogens with zero attached hydrogens (tertiary/aromatic N) is 1. The summed E-state index contributed by atoms with van der Waals surface area (Å²) in [5, 5.41) is 0. The number of ether oxygens (including phenoxy) is 1. The quantitative estimate of drug-likeness (QED) is 0.490. The lowest BCUT2D eigenvalue weighted by Gasteiger charge is -2.28. The van der Waals surface area contributed by atoms with E-state index in [1.54, 1.807) is 6.92 Å². The summed E-state index contributed by atoms with van der Waals surface area (Å²) in [6.07, 6.45) is 3.31. The Balaban J connectivity index is 4.17. The van der Waals surface area contributed by atoms with Gasteiger partial charge in [0.2, 0.25) is 0 Å². The fraction of sp³-hybridized carbons (Fsp3) is 0.700. The van der Waals surface area contributed by atoms with E-state index in [1.807, 2.05) is 38.9 Å². The molecular formula is C10H19NO2. The third-order valence-electron chi connectivity index (χ3n) is 2.07. The molecule has 0 rings (SSSR count). The Morgan fingerprint density at radius 3 is 2.38 bits per heavy atom. The Labute approximate surface area is 80.4 Å². The molecule has 0 saturated heterocycles. The van der Waals surface area contributed by atoms with Crippen LogP contribution in [0, 0.1) is 0 Å². The van der Waals surface area contributed by atoms with Crippen LogP contribution in [0.15, 0.2) is 12.2 Å². The molecule has 0 unspecified atom stereocenters. The lowest BCUT2D eigenvalue weighted by Crippen LogP contribution is -2.36. The van der Waals surface area contributed by atoms with Gasteiger partial charge in [-0.25, -0.2) is 4.79 Å². The highest BCUT2D eigenvalue weighted by atomic mass is 16.5. The number of hydrogen-bond acceptors (Lipinski definition) is 3. The molecule has 3 heteroatoms. The van der Waals surface area contributed by atoms with E-state index in [0.29, 0.717) is 6.61 Å². The molecule has 0 aromatic rings. The highest BCUT2D eigenvalue weighted by Crippen LogP contribution is 2.11. The van der Waals surface area contributed by atoms with Gasteiger partial charge >= 0.3 is 5.97 Å². The molecule has 0 atom stereocenters. The largest absolute Gasteiger partial charge is 0.463 e. The van der Waals surface area contributed by atoms with Gasteiger partial charge in [0, 0.05) is 11.6 Å². The van der Waals surface area contributed by atoms with E-state index < -0.39 is 0 Å². The SMILES string of the molecule is CCOC(=O)/C=C/C(C)(C)N(C)C. The van der Waals surface area contributed by atoms with Crippen LogP contribution in [0.1, 0.15) is 20.8 Å². The highest BCUT2D eigenvalue weighted by Gasteiger charge is 2.16. The summed E-state index contributed by atoms with van der Waals surface area (Å²) in [6.45, 7) is 6.28. The van der Waals surface area contributed by atoms with Gasteiger partial charge in [-0.1, -0.05) is 6.08 Å². The summed E-state index contributed by atoms with van der Waals surface area (Å²) < 4.78 is 4.77. The maximum absolute atomic E-state index is 11.0. The number of rotatable bonds is 4. The molecule has 0 bridgehead atoms. The second-order valence-corrected chi connectivity index (χ2v) is 3.63. The van der Waals surface area contributed by atoms with Gasteiger partial charge in [0.15, 0.2) is 0 Å². The number of esters is 1. The number of likely N-dealkylation sites (N-methyl/N-ethyl adjacent to an activating group) is 1. The molecule has 0 heterocycles. The van der Waals surface area contributed by atoms with Crippen molar-refractivity contribution in [3.63, 3.8) is 0 Å². The fourth-order valence-electron chi connectivity index (χ4n) is 0.611. The third kappa shape index (κ3) is 4.68. The number of hydrogen-bond donors (Lipinski definition) is 0. The van der Waals surface area contributed by atoms with Crippen molar-refractivity contribution in [3.8, 4) is 0 Å². The molecule has 0 aromatic carbocycles. The normalized spacial score (nSPS) is 12.5. The minimum atomic E-state index is -0.280. The Morgan fingerprint density at radius 1 is 1.46 bits per heavy atom. The zero-order valence-corrected chi connectivity index (χ0v) is 9.13. The third-order valence-corrected chi connectivity index (χ3v) is 2.07. The van der Waals surface area contributed by atoms with Crippen LogP contribution in [0.3, 0.4) is 0 Å². The van der Waals surface area contributed by atoms with Crippen molar-refractivity contribution < 1.29 is 9.53 Å². The van der Waals surface area contributed by atoms with E-state index in [2.05, 4.69) is 0 Å². The summed E-state index contributed by atoms with van der Waals surface area (Å²) in [7, 11) is 3.94. The number of carbonyl (C=O) groups is 1. The van der Waals surface area contributed by atoms with Crippen LogP contribution < -0.4 is 0 Å².